The molecule has 2 N–H and O–H groups in total. The van der Waals surface area contributed by atoms with E-state index in [-0.39, 0.29) is 11.8 Å². The maximum atomic E-state index is 12.2. The second-order valence-corrected chi connectivity index (χ2v) is 5.74. The number of unbranched alkanes of at least 4 members (excludes halogenated alkanes) is 1. The molecule has 1 aromatic rings. The lowest BCUT2D eigenvalue weighted by atomic mass is 10.0. The van der Waals surface area contributed by atoms with Gasteiger partial charge in [-0.15, -0.1) is 0 Å². The molecule has 0 bridgehead atoms. The average molecular weight is 295 g/mol. The molecule has 0 saturated carbocycles. The van der Waals surface area contributed by atoms with E-state index in [2.05, 4.69) is 17.3 Å². The Morgan fingerprint density at radius 2 is 2.10 bits per heavy atom. The number of amides is 1. The summed E-state index contributed by atoms with van der Waals surface area (Å²) in [5.41, 5.74) is 1.07. The SMILES string of the molecule is CCCCn1cc(C(=O)N[C@H](CC(C)C)C(=O)O)c(C)n1. The Labute approximate surface area is 125 Å². The van der Waals surface area contributed by atoms with Gasteiger partial charge in [0, 0.05) is 12.7 Å². The van der Waals surface area contributed by atoms with Crippen LogP contribution in [0, 0.1) is 12.8 Å². The Hall–Kier alpha value is -1.85. The summed E-state index contributed by atoms with van der Waals surface area (Å²) >= 11 is 0. The summed E-state index contributed by atoms with van der Waals surface area (Å²) in [6.07, 6.45) is 4.14. The van der Waals surface area contributed by atoms with Crippen LogP contribution in [-0.4, -0.2) is 32.8 Å². The van der Waals surface area contributed by atoms with Crippen molar-refractivity contribution in [2.24, 2.45) is 5.92 Å². The zero-order valence-corrected chi connectivity index (χ0v) is 13.2. The van der Waals surface area contributed by atoms with Gasteiger partial charge in [0.05, 0.1) is 11.3 Å². The van der Waals surface area contributed by atoms with Gasteiger partial charge in [-0.05, 0) is 25.7 Å². The van der Waals surface area contributed by atoms with Crippen LogP contribution in [0.15, 0.2) is 6.20 Å². The molecule has 0 unspecified atom stereocenters. The Kier molecular flexibility index (Phi) is 6.39. The fraction of sp³-hybridized carbons (Fsp3) is 0.667. The van der Waals surface area contributed by atoms with Gasteiger partial charge in [-0.25, -0.2) is 4.79 Å². The Bertz CT molecular complexity index is 494. The highest BCUT2D eigenvalue weighted by atomic mass is 16.4. The summed E-state index contributed by atoms with van der Waals surface area (Å²) in [4.78, 5) is 23.4. The maximum Gasteiger partial charge on any atom is 0.326 e. The largest absolute Gasteiger partial charge is 0.480 e. The number of carbonyl (C=O) groups excluding carboxylic acids is 1. The highest BCUT2D eigenvalue weighted by Gasteiger charge is 2.23. The molecule has 1 rings (SSSR count). The number of aromatic nitrogens is 2. The van der Waals surface area contributed by atoms with E-state index in [9.17, 15) is 14.7 Å². The van der Waals surface area contributed by atoms with Crippen molar-refractivity contribution in [2.45, 2.75) is 59.5 Å². The van der Waals surface area contributed by atoms with Crippen LogP contribution in [0.4, 0.5) is 0 Å². The highest BCUT2D eigenvalue weighted by Crippen LogP contribution is 2.10. The Morgan fingerprint density at radius 1 is 1.43 bits per heavy atom. The molecule has 21 heavy (non-hydrogen) atoms. The van der Waals surface area contributed by atoms with Crippen LogP contribution in [0.1, 0.15) is 56.1 Å². The van der Waals surface area contributed by atoms with Crippen molar-refractivity contribution in [3.63, 3.8) is 0 Å². The number of hydrogen-bond donors (Lipinski definition) is 2. The van der Waals surface area contributed by atoms with Crippen LogP contribution in [0.25, 0.3) is 0 Å². The van der Waals surface area contributed by atoms with Crippen LogP contribution >= 0.6 is 0 Å². The van der Waals surface area contributed by atoms with Crippen LogP contribution in [0.2, 0.25) is 0 Å². The summed E-state index contributed by atoms with van der Waals surface area (Å²) in [5.74, 6) is -1.18. The normalized spacial score (nSPS) is 12.4. The number of carboxylic acids is 1. The zero-order chi connectivity index (χ0) is 16.0. The molecule has 1 aromatic heterocycles. The number of aryl methyl sites for hydroxylation is 2. The number of nitrogens with zero attached hydrogens (tertiary/aromatic N) is 2. The Morgan fingerprint density at radius 3 is 2.62 bits per heavy atom. The second-order valence-electron chi connectivity index (χ2n) is 5.74. The van der Waals surface area contributed by atoms with Crippen LogP contribution in [-0.2, 0) is 11.3 Å². The first-order valence-electron chi connectivity index (χ1n) is 7.42. The molecule has 6 nitrogen and oxygen atoms in total. The first-order chi connectivity index (χ1) is 9.85. The average Bonchev–Trinajstić information content (AvgIpc) is 2.76. The van der Waals surface area contributed by atoms with Crippen LogP contribution in [0.5, 0.6) is 0 Å². The van der Waals surface area contributed by atoms with E-state index in [1.54, 1.807) is 17.8 Å². The lowest BCUT2D eigenvalue weighted by molar-refractivity contribution is -0.139. The van der Waals surface area contributed by atoms with Crippen LogP contribution in [0.3, 0.4) is 0 Å². The number of nitrogens with one attached hydrogen (secondary N) is 1. The molecular formula is C15H25N3O3. The van der Waals surface area contributed by atoms with Crippen LogP contribution < -0.4 is 5.32 Å². The first kappa shape index (κ1) is 17.2. The van der Waals surface area contributed by atoms with Crippen molar-refractivity contribution >= 4 is 11.9 Å². The fourth-order valence-corrected chi connectivity index (χ4v) is 2.10. The summed E-state index contributed by atoms with van der Waals surface area (Å²) in [5, 5.41) is 16.0. The lowest BCUT2D eigenvalue weighted by Gasteiger charge is -2.16. The van der Waals surface area contributed by atoms with Crippen molar-refractivity contribution < 1.29 is 14.7 Å². The van der Waals surface area contributed by atoms with Crippen molar-refractivity contribution in [1.29, 1.82) is 0 Å². The molecule has 0 aliphatic carbocycles. The summed E-state index contributed by atoms with van der Waals surface area (Å²) in [6, 6.07) is -0.865. The van der Waals surface area contributed by atoms with Gasteiger partial charge in [0.1, 0.15) is 6.04 Å². The van der Waals surface area contributed by atoms with Crippen molar-refractivity contribution in [1.82, 2.24) is 15.1 Å². The van der Waals surface area contributed by atoms with Gasteiger partial charge in [0.25, 0.3) is 5.91 Å². The standard InChI is InChI=1S/C15H25N3O3/c1-5-6-7-18-9-12(11(4)17-18)14(19)16-13(15(20)21)8-10(2)3/h9-10,13H,5-8H2,1-4H3,(H,16,19)(H,20,21)/t13-/m1/s1. The number of rotatable bonds is 8. The number of aliphatic carboxylic acids is 1. The summed E-state index contributed by atoms with van der Waals surface area (Å²) in [7, 11) is 0. The molecule has 0 fully saturated rings. The first-order valence-corrected chi connectivity index (χ1v) is 7.42. The number of carboxylic acid groups (broad SMARTS) is 1. The third-order valence-corrected chi connectivity index (χ3v) is 3.24. The highest BCUT2D eigenvalue weighted by molar-refractivity contribution is 5.97. The molecule has 1 amide bonds. The molecule has 0 saturated heterocycles. The maximum absolute atomic E-state index is 12.2. The zero-order valence-electron chi connectivity index (χ0n) is 13.2. The quantitative estimate of drug-likeness (QED) is 0.770. The minimum absolute atomic E-state index is 0.194. The molecule has 0 radical (unpaired) electrons. The molecule has 118 valence electrons. The van der Waals surface area contributed by atoms with E-state index in [1.807, 2.05) is 13.8 Å². The summed E-state index contributed by atoms with van der Waals surface area (Å²) in [6.45, 7) is 8.47. The predicted octanol–water partition coefficient (Wildman–Crippen LogP) is 2.22. The van der Waals surface area contributed by atoms with E-state index in [4.69, 9.17) is 0 Å². The van der Waals surface area contributed by atoms with E-state index in [0.29, 0.717) is 17.7 Å². The number of carbonyl (C=O) groups is 2. The Balaban J connectivity index is 2.77. The third kappa shape index (κ3) is 5.21. The van der Waals surface area contributed by atoms with Crippen molar-refractivity contribution in [2.75, 3.05) is 0 Å². The minimum atomic E-state index is -1.01. The molecule has 0 aromatic carbocycles. The summed E-state index contributed by atoms with van der Waals surface area (Å²) < 4.78 is 1.74. The van der Waals surface area contributed by atoms with E-state index < -0.39 is 12.0 Å². The smallest absolute Gasteiger partial charge is 0.326 e. The van der Waals surface area contributed by atoms with E-state index in [0.717, 1.165) is 19.4 Å². The van der Waals surface area contributed by atoms with Gasteiger partial charge >= 0.3 is 5.97 Å². The van der Waals surface area contributed by atoms with Gasteiger partial charge in [0.15, 0.2) is 0 Å². The minimum Gasteiger partial charge on any atom is -0.480 e. The monoisotopic (exact) mass is 295 g/mol. The van der Waals surface area contributed by atoms with Gasteiger partial charge in [0.2, 0.25) is 0 Å². The van der Waals surface area contributed by atoms with Gasteiger partial charge < -0.3 is 10.4 Å². The third-order valence-electron chi connectivity index (χ3n) is 3.24. The van der Waals surface area contributed by atoms with E-state index >= 15 is 0 Å². The molecule has 6 heteroatoms. The topological polar surface area (TPSA) is 84.2 Å². The number of hydrogen-bond acceptors (Lipinski definition) is 3. The molecule has 0 aliphatic heterocycles. The van der Waals surface area contributed by atoms with E-state index in [1.165, 1.54) is 0 Å². The molecule has 0 spiro atoms. The van der Waals surface area contributed by atoms with Gasteiger partial charge in [-0.1, -0.05) is 27.2 Å². The molecule has 1 atom stereocenters. The molecule has 1 heterocycles. The van der Waals surface area contributed by atoms with Crippen molar-refractivity contribution in [3.8, 4) is 0 Å². The molecule has 0 aliphatic rings. The lowest BCUT2D eigenvalue weighted by Crippen LogP contribution is -2.41. The fourth-order valence-electron chi connectivity index (χ4n) is 2.10. The van der Waals surface area contributed by atoms with Gasteiger partial charge in [-0.2, -0.15) is 5.10 Å². The second kappa shape index (κ2) is 7.81. The predicted molar refractivity (Wildman–Crippen MR) is 80.2 cm³/mol. The molecular weight excluding hydrogens is 270 g/mol. The van der Waals surface area contributed by atoms with Crippen molar-refractivity contribution in [3.05, 3.63) is 17.5 Å². The van der Waals surface area contributed by atoms with Gasteiger partial charge in [-0.3, -0.25) is 9.48 Å².